The maximum Gasteiger partial charge on any atom is 0.222 e. The van der Waals surface area contributed by atoms with Crippen molar-refractivity contribution in [3.05, 3.63) is 0 Å². The fourth-order valence-corrected chi connectivity index (χ4v) is 2.83. The Morgan fingerprint density at radius 1 is 1.39 bits per heavy atom. The van der Waals surface area contributed by atoms with E-state index in [9.17, 15) is 4.79 Å². The molecule has 3 N–H and O–H groups in total. The van der Waals surface area contributed by atoms with Gasteiger partial charge in [-0.2, -0.15) is 0 Å². The van der Waals surface area contributed by atoms with E-state index in [1.807, 2.05) is 0 Å². The predicted octanol–water partition coefficient (Wildman–Crippen LogP) is 1.37. The van der Waals surface area contributed by atoms with Crippen LogP contribution in [0.25, 0.3) is 0 Å². The van der Waals surface area contributed by atoms with Crippen LogP contribution in [0.1, 0.15) is 45.4 Å². The number of nitrogens with two attached hydrogens (primary N) is 1. The van der Waals surface area contributed by atoms with Crippen molar-refractivity contribution in [3.8, 4) is 0 Å². The van der Waals surface area contributed by atoms with Gasteiger partial charge < -0.3 is 15.7 Å². The standard InChI is InChI=1S/C14H28N2O2/c1-3-13(15)12-6-4-11(5-7-12)10-14(18)16(2)8-9-17/h11-13,17H,3-10,15H2,1-2H3. The minimum atomic E-state index is 0.0420. The van der Waals surface area contributed by atoms with Gasteiger partial charge in [0.15, 0.2) is 0 Å². The van der Waals surface area contributed by atoms with Gasteiger partial charge in [0.1, 0.15) is 0 Å². The third-order valence-electron chi connectivity index (χ3n) is 4.29. The van der Waals surface area contributed by atoms with Crippen molar-refractivity contribution in [2.45, 2.75) is 51.5 Å². The minimum absolute atomic E-state index is 0.0420. The molecule has 1 aliphatic rings. The summed E-state index contributed by atoms with van der Waals surface area (Å²) in [4.78, 5) is 13.5. The number of aliphatic hydroxyl groups excluding tert-OH is 1. The number of hydrogen-bond acceptors (Lipinski definition) is 3. The molecule has 1 amide bonds. The zero-order valence-electron chi connectivity index (χ0n) is 11.8. The van der Waals surface area contributed by atoms with Crippen molar-refractivity contribution in [2.24, 2.45) is 17.6 Å². The highest BCUT2D eigenvalue weighted by molar-refractivity contribution is 5.76. The summed E-state index contributed by atoms with van der Waals surface area (Å²) >= 11 is 0. The van der Waals surface area contributed by atoms with Crippen LogP contribution in [0.3, 0.4) is 0 Å². The Bertz CT molecular complexity index is 250. The van der Waals surface area contributed by atoms with Crippen LogP contribution in [0.15, 0.2) is 0 Å². The van der Waals surface area contributed by atoms with Gasteiger partial charge in [-0.1, -0.05) is 6.92 Å². The first-order chi connectivity index (χ1) is 8.58. The lowest BCUT2D eigenvalue weighted by atomic mass is 9.77. The van der Waals surface area contributed by atoms with Crippen LogP contribution in [0, 0.1) is 11.8 Å². The van der Waals surface area contributed by atoms with Crippen molar-refractivity contribution in [3.63, 3.8) is 0 Å². The average Bonchev–Trinajstić information content (AvgIpc) is 2.39. The largest absolute Gasteiger partial charge is 0.395 e. The molecule has 0 heterocycles. The fourth-order valence-electron chi connectivity index (χ4n) is 2.83. The van der Waals surface area contributed by atoms with E-state index in [0.29, 0.717) is 30.8 Å². The monoisotopic (exact) mass is 256 g/mol. The summed E-state index contributed by atoms with van der Waals surface area (Å²) in [7, 11) is 1.76. The first-order valence-electron chi connectivity index (χ1n) is 7.18. The Balaban J connectivity index is 2.29. The molecule has 4 heteroatoms. The molecule has 1 aliphatic carbocycles. The molecule has 0 spiro atoms. The summed E-state index contributed by atoms with van der Waals surface area (Å²) in [5.74, 6) is 1.32. The van der Waals surface area contributed by atoms with E-state index in [4.69, 9.17) is 10.8 Å². The summed E-state index contributed by atoms with van der Waals surface area (Å²) < 4.78 is 0. The van der Waals surface area contributed by atoms with Crippen LogP contribution in [0.2, 0.25) is 0 Å². The Labute approximate surface area is 111 Å². The summed E-state index contributed by atoms with van der Waals surface area (Å²) in [6, 6.07) is 0.332. The second-order valence-corrected chi connectivity index (χ2v) is 5.60. The van der Waals surface area contributed by atoms with Crippen LogP contribution in [-0.4, -0.2) is 42.2 Å². The van der Waals surface area contributed by atoms with Gasteiger partial charge in [-0.3, -0.25) is 4.79 Å². The molecule has 0 aliphatic heterocycles. The topological polar surface area (TPSA) is 66.6 Å². The first kappa shape index (κ1) is 15.4. The minimum Gasteiger partial charge on any atom is -0.395 e. The molecule has 1 unspecified atom stereocenters. The Morgan fingerprint density at radius 3 is 2.50 bits per heavy atom. The molecule has 1 rings (SSSR count). The van der Waals surface area contributed by atoms with E-state index in [1.54, 1.807) is 11.9 Å². The van der Waals surface area contributed by atoms with Crippen LogP contribution in [0.4, 0.5) is 0 Å². The zero-order valence-corrected chi connectivity index (χ0v) is 11.8. The van der Waals surface area contributed by atoms with E-state index in [1.165, 1.54) is 0 Å². The van der Waals surface area contributed by atoms with Gasteiger partial charge in [0.2, 0.25) is 5.91 Å². The highest BCUT2D eigenvalue weighted by atomic mass is 16.3. The van der Waals surface area contributed by atoms with Crippen molar-refractivity contribution >= 4 is 5.91 Å². The van der Waals surface area contributed by atoms with E-state index in [0.717, 1.165) is 32.1 Å². The summed E-state index contributed by atoms with van der Waals surface area (Å²) in [5.41, 5.74) is 6.08. The van der Waals surface area contributed by atoms with Crippen molar-refractivity contribution in [1.82, 2.24) is 4.90 Å². The van der Waals surface area contributed by atoms with Gasteiger partial charge in [0.25, 0.3) is 0 Å². The number of carbonyl (C=O) groups is 1. The second-order valence-electron chi connectivity index (χ2n) is 5.60. The summed E-state index contributed by atoms with van der Waals surface area (Å²) in [5, 5.41) is 8.81. The molecule has 1 atom stereocenters. The molecule has 0 saturated heterocycles. The molecule has 106 valence electrons. The molecular formula is C14H28N2O2. The molecule has 0 aromatic heterocycles. The second kappa shape index (κ2) is 7.74. The highest BCUT2D eigenvalue weighted by Gasteiger charge is 2.26. The smallest absolute Gasteiger partial charge is 0.222 e. The number of amides is 1. The lowest BCUT2D eigenvalue weighted by molar-refractivity contribution is -0.131. The van der Waals surface area contributed by atoms with Gasteiger partial charge in [-0.05, 0) is 43.9 Å². The van der Waals surface area contributed by atoms with Crippen LogP contribution in [-0.2, 0) is 4.79 Å². The van der Waals surface area contributed by atoms with Gasteiger partial charge in [0.05, 0.1) is 6.61 Å². The molecule has 18 heavy (non-hydrogen) atoms. The van der Waals surface area contributed by atoms with E-state index >= 15 is 0 Å². The van der Waals surface area contributed by atoms with Crippen molar-refractivity contribution < 1.29 is 9.90 Å². The van der Waals surface area contributed by atoms with E-state index < -0.39 is 0 Å². The summed E-state index contributed by atoms with van der Waals surface area (Å²) in [6.07, 6.45) is 6.25. The van der Waals surface area contributed by atoms with Crippen molar-refractivity contribution in [2.75, 3.05) is 20.2 Å². The van der Waals surface area contributed by atoms with Crippen LogP contribution >= 0.6 is 0 Å². The fraction of sp³-hybridized carbons (Fsp3) is 0.929. The number of likely N-dealkylation sites (N-methyl/N-ethyl adjacent to an activating group) is 1. The van der Waals surface area contributed by atoms with E-state index in [2.05, 4.69) is 6.92 Å². The van der Waals surface area contributed by atoms with E-state index in [-0.39, 0.29) is 12.5 Å². The molecule has 0 bridgehead atoms. The van der Waals surface area contributed by atoms with Crippen LogP contribution < -0.4 is 5.73 Å². The number of nitrogens with zero attached hydrogens (tertiary/aromatic N) is 1. The molecule has 4 nitrogen and oxygen atoms in total. The molecular weight excluding hydrogens is 228 g/mol. The van der Waals surface area contributed by atoms with Crippen LogP contribution in [0.5, 0.6) is 0 Å². The first-order valence-corrected chi connectivity index (χ1v) is 7.18. The highest BCUT2D eigenvalue weighted by Crippen LogP contribution is 2.33. The molecule has 0 aromatic carbocycles. The Kier molecular flexibility index (Phi) is 6.65. The Morgan fingerprint density at radius 2 is 2.00 bits per heavy atom. The summed E-state index contributed by atoms with van der Waals surface area (Å²) in [6.45, 7) is 2.62. The zero-order chi connectivity index (χ0) is 13.5. The molecule has 1 saturated carbocycles. The normalized spacial score (nSPS) is 25.8. The SMILES string of the molecule is CCC(N)C1CCC(CC(=O)N(C)CCO)CC1. The average molecular weight is 256 g/mol. The maximum atomic E-state index is 11.9. The third kappa shape index (κ3) is 4.58. The maximum absolute atomic E-state index is 11.9. The number of aliphatic hydroxyl groups is 1. The van der Waals surface area contributed by atoms with Gasteiger partial charge in [0, 0.05) is 26.1 Å². The number of carbonyl (C=O) groups excluding carboxylic acids is 1. The lowest BCUT2D eigenvalue weighted by Crippen LogP contribution is -2.34. The number of hydrogen-bond donors (Lipinski definition) is 2. The predicted molar refractivity (Wildman–Crippen MR) is 73.1 cm³/mol. The van der Waals surface area contributed by atoms with Gasteiger partial charge in [-0.25, -0.2) is 0 Å². The number of rotatable bonds is 6. The molecule has 0 radical (unpaired) electrons. The molecule has 0 aromatic rings. The third-order valence-corrected chi connectivity index (χ3v) is 4.29. The quantitative estimate of drug-likeness (QED) is 0.754. The molecule has 1 fully saturated rings. The van der Waals surface area contributed by atoms with Gasteiger partial charge in [-0.15, -0.1) is 0 Å². The van der Waals surface area contributed by atoms with Gasteiger partial charge >= 0.3 is 0 Å². The lowest BCUT2D eigenvalue weighted by Gasteiger charge is -2.32. The Hall–Kier alpha value is -0.610. The van der Waals surface area contributed by atoms with Crippen molar-refractivity contribution in [1.29, 1.82) is 0 Å².